The predicted molar refractivity (Wildman–Crippen MR) is 106 cm³/mol. The van der Waals surface area contributed by atoms with Crippen LogP contribution in [0.5, 0.6) is 0 Å². The first-order chi connectivity index (χ1) is 11.9. The van der Waals surface area contributed by atoms with E-state index in [1.165, 1.54) is 22.7 Å². The highest BCUT2D eigenvalue weighted by atomic mass is 32.2. The monoisotopic (exact) mass is 403 g/mol. The summed E-state index contributed by atoms with van der Waals surface area (Å²) in [6.45, 7) is 9.63. The van der Waals surface area contributed by atoms with Crippen LogP contribution in [0, 0.1) is 12.3 Å². The quantitative estimate of drug-likeness (QED) is 0.652. The van der Waals surface area contributed by atoms with Gasteiger partial charge in [0.05, 0.1) is 15.6 Å². The molecular weight excluding hydrogens is 374 g/mol. The highest BCUT2D eigenvalue weighted by Crippen LogP contribution is 2.28. The molecule has 0 atom stereocenters. The van der Waals surface area contributed by atoms with Gasteiger partial charge in [-0.15, -0.1) is 11.3 Å². The number of thiophene rings is 1. The van der Waals surface area contributed by atoms with Crippen molar-refractivity contribution in [3.05, 3.63) is 16.5 Å². The number of rotatable bonds is 8. The predicted octanol–water partition coefficient (Wildman–Crippen LogP) is 2.44. The van der Waals surface area contributed by atoms with Crippen molar-refractivity contribution in [2.24, 2.45) is 5.41 Å². The molecule has 0 fully saturated rings. The molecule has 9 heteroatoms. The van der Waals surface area contributed by atoms with Gasteiger partial charge in [-0.25, -0.2) is 12.7 Å². The van der Waals surface area contributed by atoms with E-state index in [-0.39, 0.29) is 17.6 Å². The van der Waals surface area contributed by atoms with E-state index in [4.69, 9.17) is 0 Å². The van der Waals surface area contributed by atoms with E-state index in [2.05, 4.69) is 10.6 Å². The molecule has 1 aromatic heterocycles. The zero-order valence-electron chi connectivity index (χ0n) is 16.3. The summed E-state index contributed by atoms with van der Waals surface area (Å²) in [4.78, 5) is 24.9. The van der Waals surface area contributed by atoms with E-state index in [1.54, 1.807) is 13.0 Å². The Bertz CT molecular complexity index is 749. The maximum atomic E-state index is 12.3. The second-order valence-electron chi connectivity index (χ2n) is 7.16. The molecule has 1 heterocycles. The Labute approximate surface area is 160 Å². The number of carbonyl (C=O) groups excluding carboxylic acids is 2. The number of hydrogen-bond acceptors (Lipinski definition) is 5. The molecule has 0 aliphatic rings. The van der Waals surface area contributed by atoms with Gasteiger partial charge in [0.1, 0.15) is 0 Å². The molecule has 7 nitrogen and oxygen atoms in total. The van der Waals surface area contributed by atoms with Crippen LogP contribution in [0.2, 0.25) is 0 Å². The second-order valence-corrected chi connectivity index (χ2v) is 10.6. The molecule has 1 aromatic rings. The summed E-state index contributed by atoms with van der Waals surface area (Å²) in [5.74, 6) is -0.261. The van der Waals surface area contributed by atoms with Crippen molar-refractivity contribution in [3.63, 3.8) is 0 Å². The van der Waals surface area contributed by atoms with Crippen LogP contribution in [-0.2, 0) is 14.8 Å². The normalized spacial score (nSPS) is 12.3. The first kappa shape index (κ1) is 22.6. The summed E-state index contributed by atoms with van der Waals surface area (Å²) >= 11 is 1.23. The SMILES string of the molecule is CCS(=O)(=O)N(C)CCCNC(=O)c1sc(NC(=O)C(C)(C)C)cc1C. The Morgan fingerprint density at radius 1 is 1.27 bits per heavy atom. The van der Waals surface area contributed by atoms with Crippen LogP contribution in [0.25, 0.3) is 0 Å². The average Bonchev–Trinajstić information content (AvgIpc) is 2.90. The summed E-state index contributed by atoms with van der Waals surface area (Å²) in [7, 11) is -1.66. The molecule has 2 amide bonds. The summed E-state index contributed by atoms with van der Waals surface area (Å²) in [5, 5.41) is 6.27. The maximum absolute atomic E-state index is 12.3. The number of aryl methyl sites for hydroxylation is 1. The fourth-order valence-corrected chi connectivity index (χ4v) is 3.84. The van der Waals surface area contributed by atoms with Crippen molar-refractivity contribution in [2.45, 2.75) is 41.0 Å². The molecule has 148 valence electrons. The number of sulfonamides is 1. The number of carbonyl (C=O) groups is 2. The van der Waals surface area contributed by atoms with Crippen LogP contribution >= 0.6 is 11.3 Å². The fraction of sp³-hybridized carbons (Fsp3) is 0.647. The zero-order chi connectivity index (χ0) is 20.1. The smallest absolute Gasteiger partial charge is 0.261 e. The molecule has 0 aliphatic carbocycles. The topological polar surface area (TPSA) is 95.6 Å². The van der Waals surface area contributed by atoms with Gasteiger partial charge < -0.3 is 10.6 Å². The zero-order valence-corrected chi connectivity index (χ0v) is 17.9. The summed E-state index contributed by atoms with van der Waals surface area (Å²) in [5.41, 5.74) is 0.285. The van der Waals surface area contributed by atoms with Crippen molar-refractivity contribution in [2.75, 3.05) is 31.2 Å². The van der Waals surface area contributed by atoms with E-state index < -0.39 is 15.4 Å². The molecule has 0 spiro atoms. The van der Waals surface area contributed by atoms with Crippen molar-refractivity contribution < 1.29 is 18.0 Å². The minimum Gasteiger partial charge on any atom is -0.351 e. The van der Waals surface area contributed by atoms with Gasteiger partial charge in [-0.1, -0.05) is 20.8 Å². The van der Waals surface area contributed by atoms with E-state index in [0.717, 1.165) is 5.56 Å². The van der Waals surface area contributed by atoms with Crippen LogP contribution in [0.4, 0.5) is 5.00 Å². The summed E-state index contributed by atoms with van der Waals surface area (Å²) < 4.78 is 24.6. The highest BCUT2D eigenvalue weighted by Gasteiger charge is 2.23. The largest absolute Gasteiger partial charge is 0.351 e. The molecule has 0 unspecified atom stereocenters. The van der Waals surface area contributed by atoms with Gasteiger partial charge >= 0.3 is 0 Å². The number of anilines is 1. The van der Waals surface area contributed by atoms with Crippen LogP contribution in [0.15, 0.2) is 6.07 Å². The molecule has 26 heavy (non-hydrogen) atoms. The number of nitrogens with one attached hydrogen (secondary N) is 2. The van der Waals surface area contributed by atoms with Gasteiger partial charge in [-0.2, -0.15) is 0 Å². The van der Waals surface area contributed by atoms with Crippen molar-refractivity contribution in [1.29, 1.82) is 0 Å². The lowest BCUT2D eigenvalue weighted by Crippen LogP contribution is -2.32. The van der Waals surface area contributed by atoms with Crippen LogP contribution in [0.1, 0.15) is 49.4 Å². The Morgan fingerprint density at radius 3 is 2.42 bits per heavy atom. The standard InChI is InChI=1S/C17H29N3O4S2/c1-7-26(23,24)20(6)10-8-9-18-15(21)14-12(2)11-13(25-14)19-16(22)17(3,4)5/h11H,7-10H2,1-6H3,(H,18,21)(H,19,22). The second kappa shape index (κ2) is 8.96. The van der Waals surface area contributed by atoms with Crippen LogP contribution in [0.3, 0.4) is 0 Å². The average molecular weight is 404 g/mol. The van der Waals surface area contributed by atoms with E-state index in [0.29, 0.717) is 29.4 Å². The van der Waals surface area contributed by atoms with Gasteiger partial charge in [0.2, 0.25) is 15.9 Å². The summed E-state index contributed by atoms with van der Waals surface area (Å²) in [6.07, 6.45) is 0.527. The minimum atomic E-state index is -3.20. The lowest BCUT2D eigenvalue weighted by molar-refractivity contribution is -0.123. The van der Waals surface area contributed by atoms with Crippen LogP contribution in [-0.4, -0.2) is 50.4 Å². The van der Waals surface area contributed by atoms with Crippen LogP contribution < -0.4 is 10.6 Å². The molecule has 0 saturated heterocycles. The molecular formula is C17H29N3O4S2. The van der Waals surface area contributed by atoms with E-state index >= 15 is 0 Å². The van der Waals surface area contributed by atoms with Crippen molar-refractivity contribution in [3.8, 4) is 0 Å². The number of hydrogen-bond donors (Lipinski definition) is 2. The van der Waals surface area contributed by atoms with Gasteiger partial charge in [-0.05, 0) is 31.9 Å². The number of amides is 2. The lowest BCUT2D eigenvalue weighted by Gasteiger charge is -2.16. The fourth-order valence-electron chi connectivity index (χ4n) is 2.01. The maximum Gasteiger partial charge on any atom is 0.261 e. The molecule has 1 rings (SSSR count). The van der Waals surface area contributed by atoms with Gasteiger partial charge in [0, 0.05) is 25.6 Å². The lowest BCUT2D eigenvalue weighted by atomic mass is 9.96. The van der Waals surface area contributed by atoms with Crippen molar-refractivity contribution in [1.82, 2.24) is 9.62 Å². The summed E-state index contributed by atoms with van der Waals surface area (Å²) in [6, 6.07) is 1.78. The van der Waals surface area contributed by atoms with Gasteiger partial charge in [-0.3, -0.25) is 9.59 Å². The Hall–Kier alpha value is -1.45. The third-order valence-electron chi connectivity index (χ3n) is 3.82. The molecule has 0 aliphatic heterocycles. The Kier molecular flexibility index (Phi) is 7.79. The first-order valence-corrected chi connectivity index (χ1v) is 10.9. The molecule has 0 aromatic carbocycles. The van der Waals surface area contributed by atoms with E-state index in [9.17, 15) is 18.0 Å². The Balaban J connectivity index is 2.57. The molecule has 0 saturated carbocycles. The highest BCUT2D eigenvalue weighted by molar-refractivity contribution is 7.89. The van der Waals surface area contributed by atoms with Crippen molar-refractivity contribution >= 4 is 38.2 Å². The third-order valence-corrected chi connectivity index (χ3v) is 6.83. The first-order valence-electron chi connectivity index (χ1n) is 8.52. The number of nitrogens with zero attached hydrogens (tertiary/aromatic N) is 1. The Morgan fingerprint density at radius 2 is 1.88 bits per heavy atom. The van der Waals surface area contributed by atoms with Gasteiger partial charge in [0.25, 0.3) is 5.91 Å². The molecule has 0 radical (unpaired) electrons. The third kappa shape index (κ3) is 6.37. The van der Waals surface area contributed by atoms with E-state index in [1.807, 2.05) is 27.7 Å². The molecule has 2 N–H and O–H groups in total. The molecule has 0 bridgehead atoms. The minimum absolute atomic E-state index is 0.0628. The van der Waals surface area contributed by atoms with Gasteiger partial charge in [0.15, 0.2) is 0 Å².